The first-order valence-electron chi connectivity index (χ1n) is 6.12. The van der Waals surface area contributed by atoms with Gasteiger partial charge in [0.15, 0.2) is 0 Å². The predicted molar refractivity (Wildman–Crippen MR) is 73.0 cm³/mol. The Hall–Kier alpha value is -0.420. The van der Waals surface area contributed by atoms with Gasteiger partial charge in [-0.2, -0.15) is 0 Å². The van der Waals surface area contributed by atoms with E-state index in [1.807, 2.05) is 0 Å². The van der Waals surface area contributed by atoms with Crippen LogP contribution in [0.15, 0.2) is 28.7 Å². The Balaban J connectivity index is 2.12. The van der Waals surface area contributed by atoms with Crippen molar-refractivity contribution in [3.63, 3.8) is 0 Å². The minimum Gasteiger partial charge on any atom is -0.396 e. The highest BCUT2D eigenvalue weighted by molar-refractivity contribution is 9.10. The predicted octanol–water partition coefficient (Wildman–Crippen LogP) is 1.78. The van der Waals surface area contributed by atoms with E-state index in [0.29, 0.717) is 6.04 Å². The molecule has 0 saturated carbocycles. The molecule has 0 spiro atoms. The lowest BCUT2D eigenvalue weighted by Gasteiger charge is -2.35. The van der Waals surface area contributed by atoms with Crippen LogP contribution >= 0.6 is 15.9 Å². The Kier molecular flexibility index (Phi) is 4.98. The van der Waals surface area contributed by atoms with Crippen molar-refractivity contribution < 1.29 is 5.11 Å². The molecule has 1 aliphatic rings. The first kappa shape index (κ1) is 13.0. The number of aliphatic hydroxyl groups is 1. The van der Waals surface area contributed by atoms with E-state index in [0.717, 1.165) is 37.1 Å². The molecule has 2 rings (SSSR count). The summed E-state index contributed by atoms with van der Waals surface area (Å²) >= 11 is 3.46. The maximum absolute atomic E-state index is 9.23. The zero-order valence-corrected chi connectivity index (χ0v) is 11.5. The van der Waals surface area contributed by atoms with Gasteiger partial charge in [0.05, 0.1) is 0 Å². The van der Waals surface area contributed by atoms with Crippen molar-refractivity contribution in [1.29, 1.82) is 0 Å². The van der Waals surface area contributed by atoms with Gasteiger partial charge in [0.25, 0.3) is 0 Å². The van der Waals surface area contributed by atoms with Gasteiger partial charge in [0.1, 0.15) is 0 Å². The fourth-order valence-corrected chi connectivity index (χ4v) is 2.63. The summed E-state index contributed by atoms with van der Waals surface area (Å²) in [5, 5.41) is 12.6. The molecule has 0 radical (unpaired) electrons. The summed E-state index contributed by atoms with van der Waals surface area (Å²) < 4.78 is 1.10. The lowest BCUT2D eigenvalue weighted by Crippen LogP contribution is -2.45. The Morgan fingerprint density at radius 2 is 1.88 bits per heavy atom. The number of nitrogens with one attached hydrogen (secondary N) is 1. The van der Waals surface area contributed by atoms with Crippen LogP contribution in [-0.2, 0) is 0 Å². The largest absolute Gasteiger partial charge is 0.396 e. The molecular formula is C13H19BrN2O. The van der Waals surface area contributed by atoms with Crippen LogP contribution in [0.2, 0.25) is 0 Å². The third kappa shape index (κ3) is 3.52. The van der Waals surface area contributed by atoms with Gasteiger partial charge >= 0.3 is 0 Å². The topological polar surface area (TPSA) is 35.5 Å². The van der Waals surface area contributed by atoms with Gasteiger partial charge in [-0.1, -0.05) is 28.1 Å². The molecule has 3 nitrogen and oxygen atoms in total. The number of aliphatic hydroxyl groups excluding tert-OH is 1. The van der Waals surface area contributed by atoms with Gasteiger partial charge in [0, 0.05) is 43.3 Å². The lowest BCUT2D eigenvalue weighted by molar-refractivity contribution is 0.141. The third-order valence-corrected chi connectivity index (χ3v) is 3.78. The molecule has 17 heavy (non-hydrogen) atoms. The van der Waals surface area contributed by atoms with Crippen LogP contribution in [0.3, 0.4) is 0 Å². The number of nitrogens with zero attached hydrogens (tertiary/aromatic N) is 1. The van der Waals surface area contributed by atoms with Gasteiger partial charge in [-0.15, -0.1) is 0 Å². The highest BCUT2D eigenvalue weighted by atomic mass is 79.9. The van der Waals surface area contributed by atoms with Crippen molar-refractivity contribution >= 4 is 15.9 Å². The van der Waals surface area contributed by atoms with E-state index in [1.165, 1.54) is 5.56 Å². The van der Waals surface area contributed by atoms with Gasteiger partial charge < -0.3 is 10.4 Å². The molecule has 1 fully saturated rings. The van der Waals surface area contributed by atoms with Gasteiger partial charge in [0.2, 0.25) is 0 Å². The Morgan fingerprint density at radius 3 is 2.47 bits per heavy atom. The zero-order chi connectivity index (χ0) is 12.1. The molecule has 1 saturated heterocycles. The van der Waals surface area contributed by atoms with Crippen LogP contribution in [0.1, 0.15) is 18.0 Å². The van der Waals surface area contributed by atoms with Crippen molar-refractivity contribution in [1.82, 2.24) is 10.2 Å². The molecule has 0 bridgehead atoms. The van der Waals surface area contributed by atoms with Crippen LogP contribution in [0.4, 0.5) is 0 Å². The molecule has 0 aromatic heterocycles. The van der Waals surface area contributed by atoms with Gasteiger partial charge in [-0.25, -0.2) is 0 Å². The molecule has 0 amide bonds. The average molecular weight is 299 g/mol. The molecule has 1 aliphatic heterocycles. The van der Waals surface area contributed by atoms with E-state index >= 15 is 0 Å². The molecule has 0 unspecified atom stereocenters. The molecule has 1 heterocycles. The van der Waals surface area contributed by atoms with Crippen LogP contribution in [0.5, 0.6) is 0 Å². The van der Waals surface area contributed by atoms with E-state index in [2.05, 4.69) is 50.4 Å². The summed E-state index contributed by atoms with van der Waals surface area (Å²) in [6.45, 7) is 4.43. The molecule has 1 aromatic carbocycles. The molecule has 0 aliphatic carbocycles. The molecule has 2 N–H and O–H groups in total. The molecule has 4 heteroatoms. The first-order chi connectivity index (χ1) is 8.31. The first-order valence-corrected chi connectivity index (χ1v) is 6.91. The van der Waals surface area contributed by atoms with E-state index in [4.69, 9.17) is 0 Å². The maximum Gasteiger partial charge on any atom is 0.0449 e. The van der Waals surface area contributed by atoms with Crippen LogP contribution in [0, 0.1) is 0 Å². The number of benzene rings is 1. The second-order valence-electron chi connectivity index (χ2n) is 4.37. The average Bonchev–Trinajstić information content (AvgIpc) is 2.38. The fraction of sp³-hybridized carbons (Fsp3) is 0.538. The van der Waals surface area contributed by atoms with Gasteiger partial charge in [-0.05, 0) is 24.1 Å². The van der Waals surface area contributed by atoms with Crippen molar-refractivity contribution in [2.24, 2.45) is 0 Å². The summed E-state index contributed by atoms with van der Waals surface area (Å²) in [5.41, 5.74) is 1.30. The minimum absolute atomic E-state index is 0.241. The summed E-state index contributed by atoms with van der Waals surface area (Å²) in [7, 11) is 0. The zero-order valence-electron chi connectivity index (χ0n) is 9.90. The maximum atomic E-state index is 9.23. The lowest BCUT2D eigenvalue weighted by atomic mass is 10.0. The highest BCUT2D eigenvalue weighted by Crippen LogP contribution is 2.25. The van der Waals surface area contributed by atoms with E-state index < -0.39 is 0 Å². The SMILES string of the molecule is OCC[C@H](c1ccc(Br)cc1)N1CCNCC1. The van der Waals surface area contributed by atoms with E-state index in [-0.39, 0.29) is 6.61 Å². The van der Waals surface area contributed by atoms with E-state index in [1.54, 1.807) is 0 Å². The third-order valence-electron chi connectivity index (χ3n) is 3.25. The Bertz CT molecular complexity index is 336. The number of hydrogen-bond donors (Lipinski definition) is 2. The normalized spacial score (nSPS) is 19.2. The van der Waals surface area contributed by atoms with E-state index in [9.17, 15) is 5.11 Å². The number of hydrogen-bond acceptors (Lipinski definition) is 3. The molecule has 94 valence electrons. The fourth-order valence-electron chi connectivity index (χ4n) is 2.36. The van der Waals surface area contributed by atoms with Crippen LogP contribution in [-0.4, -0.2) is 42.8 Å². The van der Waals surface area contributed by atoms with Crippen LogP contribution < -0.4 is 5.32 Å². The second-order valence-corrected chi connectivity index (χ2v) is 5.28. The summed E-state index contributed by atoms with van der Waals surface area (Å²) in [6, 6.07) is 8.78. The molecule has 1 aromatic rings. The molecule has 1 atom stereocenters. The number of piperazine rings is 1. The molecular weight excluding hydrogens is 280 g/mol. The van der Waals surface area contributed by atoms with Crippen molar-refractivity contribution in [3.8, 4) is 0 Å². The smallest absolute Gasteiger partial charge is 0.0449 e. The second kappa shape index (κ2) is 6.50. The van der Waals surface area contributed by atoms with Gasteiger partial charge in [-0.3, -0.25) is 4.90 Å². The summed E-state index contributed by atoms with van der Waals surface area (Å²) in [6.07, 6.45) is 0.807. The van der Waals surface area contributed by atoms with Crippen molar-refractivity contribution in [2.45, 2.75) is 12.5 Å². The number of halogens is 1. The monoisotopic (exact) mass is 298 g/mol. The summed E-state index contributed by atoms with van der Waals surface area (Å²) in [5.74, 6) is 0. The standard InChI is InChI=1S/C13H19BrN2O/c14-12-3-1-11(2-4-12)13(5-10-17)16-8-6-15-7-9-16/h1-4,13,15,17H,5-10H2/t13-/m1/s1. The highest BCUT2D eigenvalue weighted by Gasteiger charge is 2.21. The number of rotatable bonds is 4. The Labute approximate surface area is 111 Å². The van der Waals surface area contributed by atoms with Crippen LogP contribution in [0.25, 0.3) is 0 Å². The van der Waals surface area contributed by atoms with Crippen molar-refractivity contribution in [3.05, 3.63) is 34.3 Å². The summed E-state index contributed by atoms with van der Waals surface area (Å²) in [4.78, 5) is 2.45. The quantitative estimate of drug-likeness (QED) is 0.889. The van der Waals surface area contributed by atoms with Crippen molar-refractivity contribution in [2.75, 3.05) is 32.8 Å². The Morgan fingerprint density at radius 1 is 1.24 bits per heavy atom. The minimum atomic E-state index is 0.241.